The first-order valence-corrected chi connectivity index (χ1v) is 20.8. The summed E-state index contributed by atoms with van der Waals surface area (Å²) in [4.78, 5) is 10.9. The van der Waals surface area contributed by atoms with Gasteiger partial charge in [0.05, 0.1) is 50.0 Å². The minimum atomic E-state index is 0.646. The molecular weight excluding hydrogens is 743 g/mol. The lowest BCUT2D eigenvalue weighted by molar-refractivity contribution is 1.01. The van der Waals surface area contributed by atoms with Crippen LogP contribution in [0.5, 0.6) is 0 Å². The molecule has 5 nitrogen and oxygen atoms in total. The summed E-state index contributed by atoms with van der Waals surface area (Å²) in [6.45, 7) is 0. The molecule has 0 unspecified atom stereocenters. The van der Waals surface area contributed by atoms with Crippen molar-refractivity contribution in [3.05, 3.63) is 200 Å². The molecule has 5 heteroatoms. The highest BCUT2D eigenvalue weighted by atomic mass is 15.2. The van der Waals surface area contributed by atoms with Gasteiger partial charge in [0.2, 0.25) is 5.95 Å². The second-order valence-electron chi connectivity index (χ2n) is 16.1. The first-order valence-electron chi connectivity index (χ1n) is 20.8. The van der Waals surface area contributed by atoms with Gasteiger partial charge in [0.15, 0.2) is 0 Å². The summed E-state index contributed by atoms with van der Waals surface area (Å²) in [6.07, 6.45) is 0. The average Bonchev–Trinajstić information content (AvgIpc) is 3.92. The molecule has 9 aromatic carbocycles. The molecule has 282 valence electrons. The van der Waals surface area contributed by atoms with E-state index in [-0.39, 0.29) is 0 Å². The van der Waals surface area contributed by atoms with Gasteiger partial charge in [-0.05, 0) is 65.7 Å². The lowest BCUT2D eigenvalue weighted by Gasteiger charge is -2.13. The van der Waals surface area contributed by atoms with Crippen molar-refractivity contribution in [2.45, 2.75) is 0 Å². The van der Waals surface area contributed by atoms with Gasteiger partial charge in [-0.3, -0.25) is 4.57 Å². The molecule has 0 saturated heterocycles. The Bertz CT molecular complexity index is 4000. The van der Waals surface area contributed by atoms with Gasteiger partial charge in [-0.25, -0.2) is 9.97 Å². The van der Waals surface area contributed by atoms with Crippen molar-refractivity contribution in [2.24, 2.45) is 0 Å². The van der Waals surface area contributed by atoms with Crippen LogP contribution in [-0.4, -0.2) is 23.7 Å². The van der Waals surface area contributed by atoms with Gasteiger partial charge in [0.25, 0.3) is 0 Å². The van der Waals surface area contributed by atoms with E-state index in [9.17, 15) is 0 Å². The maximum atomic E-state index is 5.57. The van der Waals surface area contributed by atoms with E-state index in [1.54, 1.807) is 0 Å². The molecule has 0 radical (unpaired) electrons. The van der Waals surface area contributed by atoms with E-state index in [0.717, 1.165) is 55.2 Å². The molecular formula is C56H33N5. The summed E-state index contributed by atoms with van der Waals surface area (Å²) in [5.74, 6) is 0.646. The van der Waals surface area contributed by atoms with Crippen molar-refractivity contribution in [3.63, 3.8) is 0 Å². The highest BCUT2D eigenvalue weighted by Crippen LogP contribution is 2.48. The molecule has 13 aromatic rings. The van der Waals surface area contributed by atoms with Gasteiger partial charge >= 0.3 is 0 Å². The molecule has 4 aromatic heterocycles. The quantitative estimate of drug-likeness (QED) is 0.179. The van der Waals surface area contributed by atoms with Gasteiger partial charge in [-0.15, -0.1) is 0 Å². The van der Waals surface area contributed by atoms with Crippen molar-refractivity contribution < 1.29 is 0 Å². The standard InChI is InChI=1S/C56H33N5/c1-2-15-35(16-3-1)59-48-26-11-8-20-39(48)41-30-29-34(31-51(41)59)54-44-22-6-10-25-47(44)57-56(58-54)61-50-28-13-9-21-40(50)45-32-52-46(33-53(45)61)43-24-14-23-42-37-18-5-4-17-36(37)38-19-7-12-27-49(38)60(52)55(42)43/h1-33H. The fraction of sp³-hybridized carbons (Fsp3) is 0. The monoisotopic (exact) mass is 775 g/mol. The van der Waals surface area contributed by atoms with Gasteiger partial charge in [-0.1, -0.05) is 146 Å². The molecule has 0 aliphatic carbocycles. The van der Waals surface area contributed by atoms with Gasteiger partial charge in [-0.2, -0.15) is 0 Å². The van der Waals surface area contributed by atoms with Crippen LogP contribution in [0.1, 0.15) is 0 Å². The van der Waals surface area contributed by atoms with Crippen LogP contribution in [-0.2, 0) is 0 Å². The van der Waals surface area contributed by atoms with Crippen molar-refractivity contribution in [3.8, 4) is 50.8 Å². The molecule has 61 heavy (non-hydrogen) atoms. The highest BCUT2D eigenvalue weighted by molar-refractivity contribution is 6.22. The van der Waals surface area contributed by atoms with E-state index >= 15 is 0 Å². The summed E-state index contributed by atoms with van der Waals surface area (Å²) in [5.41, 5.74) is 17.0. The van der Waals surface area contributed by atoms with E-state index in [0.29, 0.717) is 5.95 Å². The largest absolute Gasteiger partial charge is 0.309 e. The Morgan fingerprint density at radius 1 is 0.311 bits per heavy atom. The van der Waals surface area contributed by atoms with Gasteiger partial charge in [0, 0.05) is 60.1 Å². The molecule has 1 aliphatic rings. The Hall–Kier alpha value is -8.28. The zero-order valence-electron chi connectivity index (χ0n) is 32.8. The molecule has 1 aliphatic heterocycles. The molecule has 0 saturated carbocycles. The minimum absolute atomic E-state index is 0.646. The highest BCUT2D eigenvalue weighted by Gasteiger charge is 2.26. The Morgan fingerprint density at radius 2 is 0.869 bits per heavy atom. The summed E-state index contributed by atoms with van der Waals surface area (Å²) in [5, 5.41) is 8.19. The normalized spacial score (nSPS) is 12.3. The van der Waals surface area contributed by atoms with Crippen LogP contribution in [0.4, 0.5) is 0 Å². The third kappa shape index (κ3) is 4.44. The maximum Gasteiger partial charge on any atom is 0.235 e. The van der Waals surface area contributed by atoms with Crippen LogP contribution in [0.25, 0.3) is 127 Å². The third-order valence-electron chi connectivity index (χ3n) is 13.0. The number of benzene rings is 9. The molecule has 0 spiro atoms. The molecule has 0 atom stereocenters. The molecule has 0 fully saturated rings. The van der Waals surface area contributed by atoms with Crippen LogP contribution in [0, 0.1) is 0 Å². The van der Waals surface area contributed by atoms with Crippen molar-refractivity contribution in [1.29, 1.82) is 0 Å². The van der Waals surface area contributed by atoms with E-state index in [1.165, 1.54) is 66.0 Å². The number of rotatable bonds is 3. The predicted molar refractivity (Wildman–Crippen MR) is 252 cm³/mol. The van der Waals surface area contributed by atoms with Crippen LogP contribution < -0.4 is 0 Å². The SMILES string of the molecule is c1ccc(-n2c3ccccc3c3ccc(-c4nc(-n5c6ccccc6c6cc7c(cc65)c5cccc6c5n7-c5ccccc5-c5ccccc5-6)nc5ccccc45)cc32)cc1. The molecule has 0 amide bonds. The average molecular weight is 776 g/mol. The van der Waals surface area contributed by atoms with Crippen molar-refractivity contribution in [1.82, 2.24) is 23.7 Å². The Kier molecular flexibility index (Phi) is 6.49. The molecule has 5 heterocycles. The second kappa shape index (κ2) is 12.1. The Labute approximate surface area is 349 Å². The third-order valence-corrected chi connectivity index (χ3v) is 13.0. The van der Waals surface area contributed by atoms with Crippen LogP contribution >= 0.6 is 0 Å². The Morgan fingerprint density at radius 3 is 1.69 bits per heavy atom. The van der Waals surface area contributed by atoms with Gasteiger partial charge < -0.3 is 9.13 Å². The van der Waals surface area contributed by atoms with E-state index in [2.05, 4.69) is 214 Å². The molecule has 0 N–H and O–H groups in total. The summed E-state index contributed by atoms with van der Waals surface area (Å²) in [6, 6.07) is 72.4. The number of nitrogens with zero attached hydrogens (tertiary/aromatic N) is 5. The topological polar surface area (TPSA) is 40.6 Å². The summed E-state index contributed by atoms with van der Waals surface area (Å²) < 4.78 is 7.15. The van der Waals surface area contributed by atoms with Gasteiger partial charge in [0.1, 0.15) is 0 Å². The first kappa shape index (κ1) is 32.7. The fourth-order valence-corrected chi connectivity index (χ4v) is 10.4. The zero-order chi connectivity index (χ0) is 39.8. The van der Waals surface area contributed by atoms with Crippen LogP contribution in [0.15, 0.2) is 200 Å². The Balaban J connectivity index is 1.06. The summed E-state index contributed by atoms with van der Waals surface area (Å²) >= 11 is 0. The number of para-hydroxylation sites is 6. The smallest absolute Gasteiger partial charge is 0.235 e. The van der Waals surface area contributed by atoms with Crippen LogP contribution in [0.2, 0.25) is 0 Å². The number of aromatic nitrogens is 5. The summed E-state index contributed by atoms with van der Waals surface area (Å²) in [7, 11) is 0. The maximum absolute atomic E-state index is 5.57. The first-order chi connectivity index (χ1) is 30.3. The zero-order valence-corrected chi connectivity index (χ0v) is 32.8. The second-order valence-corrected chi connectivity index (χ2v) is 16.1. The van der Waals surface area contributed by atoms with E-state index in [1.807, 2.05) is 0 Å². The predicted octanol–water partition coefficient (Wildman–Crippen LogP) is 14.2. The number of hydrogen-bond acceptors (Lipinski definition) is 2. The molecule has 0 bridgehead atoms. The van der Waals surface area contributed by atoms with E-state index < -0.39 is 0 Å². The van der Waals surface area contributed by atoms with E-state index in [4.69, 9.17) is 9.97 Å². The van der Waals surface area contributed by atoms with Crippen LogP contribution in [0.3, 0.4) is 0 Å². The lowest BCUT2D eigenvalue weighted by Crippen LogP contribution is -2.03. The fourth-order valence-electron chi connectivity index (χ4n) is 10.4. The number of hydrogen-bond donors (Lipinski definition) is 0. The van der Waals surface area contributed by atoms with Crippen molar-refractivity contribution in [2.75, 3.05) is 0 Å². The number of fused-ring (bicyclic) bond motifs is 15. The van der Waals surface area contributed by atoms with Crippen molar-refractivity contribution >= 4 is 76.3 Å². The lowest BCUT2D eigenvalue weighted by atomic mass is 9.94. The molecule has 14 rings (SSSR count). The minimum Gasteiger partial charge on any atom is -0.309 e.